The topological polar surface area (TPSA) is 20.2 Å². The van der Waals surface area contributed by atoms with E-state index in [0.717, 1.165) is 0 Å². The van der Waals surface area contributed by atoms with Gasteiger partial charge < -0.3 is 0 Å². The molecule has 0 aliphatic rings. The van der Waals surface area contributed by atoms with Crippen LogP contribution in [0.2, 0.25) is 0 Å². The Kier molecular flexibility index (Phi) is 3.17. The van der Waals surface area contributed by atoms with E-state index in [-0.39, 0.29) is 10.0 Å². The number of alkyl halides is 3. The number of halogens is 3. The van der Waals surface area contributed by atoms with Crippen molar-refractivity contribution in [2.24, 2.45) is 0 Å². The maximum absolute atomic E-state index is 13.1. The summed E-state index contributed by atoms with van der Waals surface area (Å²) in [6.07, 6.45) is -4.71. The van der Waals surface area contributed by atoms with Gasteiger partial charge in [-0.05, 0) is 0 Å². The predicted molar refractivity (Wildman–Crippen MR) is 58.9 cm³/mol. The van der Waals surface area contributed by atoms with Gasteiger partial charge in [-0.25, -0.2) is 0 Å². The first-order valence-corrected chi connectivity index (χ1v) is 6.69. The molecule has 1 unspecified atom stereocenters. The van der Waals surface area contributed by atoms with E-state index >= 15 is 0 Å². The average molecular weight is 305 g/mol. The molecule has 0 bridgehead atoms. The summed E-state index contributed by atoms with van der Waals surface area (Å²) in [6, 6.07) is 10.1. The van der Waals surface area contributed by atoms with Gasteiger partial charge in [0, 0.05) is 0 Å². The van der Waals surface area contributed by atoms with Crippen LogP contribution in [0.15, 0.2) is 47.4 Å². The maximum atomic E-state index is 13.1. The summed E-state index contributed by atoms with van der Waals surface area (Å²) in [5.74, 6) is 0. The Labute approximate surface area is 102 Å². The molecule has 1 heterocycles. The molecule has 90 valence electrons. The van der Waals surface area contributed by atoms with Crippen LogP contribution >= 0.6 is 0 Å². The van der Waals surface area contributed by atoms with Crippen molar-refractivity contribution in [2.75, 3.05) is 0 Å². The minimum atomic E-state index is -4.71. The number of benzene rings is 1. The molecule has 1 nitrogen and oxygen atoms in total. The van der Waals surface area contributed by atoms with Gasteiger partial charge in [0.1, 0.15) is 0 Å². The number of rotatable bonds is 2. The Morgan fingerprint density at radius 1 is 0.941 bits per heavy atom. The average Bonchev–Trinajstić information content (AvgIpc) is 2.81. The fourth-order valence-corrected chi connectivity index (χ4v) is 3.42. The molecule has 0 saturated carbocycles. The van der Waals surface area contributed by atoms with Crippen molar-refractivity contribution in [2.45, 2.75) is 11.8 Å². The van der Waals surface area contributed by atoms with Gasteiger partial charge in [-0.2, -0.15) is 0 Å². The number of aliphatic hydroxyl groups is 1. The Hall–Kier alpha value is -1.03. The summed E-state index contributed by atoms with van der Waals surface area (Å²) in [6.45, 7) is 0. The SMILES string of the molecule is OC(c1ccccc1)(c1ccc[se]1)C(F)(F)F. The van der Waals surface area contributed by atoms with E-state index in [1.165, 1.54) is 30.3 Å². The quantitative estimate of drug-likeness (QED) is 0.846. The van der Waals surface area contributed by atoms with E-state index in [1.54, 1.807) is 17.1 Å². The first-order chi connectivity index (χ1) is 7.96. The first-order valence-electron chi connectivity index (χ1n) is 4.85. The van der Waals surface area contributed by atoms with Gasteiger partial charge in [0.2, 0.25) is 0 Å². The van der Waals surface area contributed by atoms with Crippen LogP contribution in [0.1, 0.15) is 10.0 Å². The molecular weight excluding hydrogens is 296 g/mol. The van der Waals surface area contributed by atoms with E-state index in [4.69, 9.17) is 0 Å². The van der Waals surface area contributed by atoms with E-state index in [0.29, 0.717) is 0 Å². The molecule has 0 amide bonds. The van der Waals surface area contributed by atoms with E-state index in [9.17, 15) is 18.3 Å². The standard InChI is InChI=1S/C12H9F3OSe/c13-12(14,15)11(16,10-7-4-8-17-10)9-5-2-1-3-6-9/h1-8,16H. The van der Waals surface area contributed by atoms with Crippen molar-refractivity contribution in [1.82, 2.24) is 0 Å². The fraction of sp³-hybridized carbons (Fsp3) is 0.167. The van der Waals surface area contributed by atoms with Crippen molar-refractivity contribution in [1.29, 1.82) is 0 Å². The van der Waals surface area contributed by atoms with Crippen LogP contribution in [0, 0.1) is 0 Å². The molecule has 0 aliphatic heterocycles. The molecule has 17 heavy (non-hydrogen) atoms. The zero-order valence-corrected chi connectivity index (χ0v) is 10.3. The fourth-order valence-electron chi connectivity index (χ4n) is 1.61. The second-order valence-electron chi connectivity index (χ2n) is 3.55. The van der Waals surface area contributed by atoms with Crippen molar-refractivity contribution in [3.8, 4) is 0 Å². The molecule has 1 N–H and O–H groups in total. The van der Waals surface area contributed by atoms with Crippen LogP contribution in [0.5, 0.6) is 0 Å². The zero-order valence-electron chi connectivity index (χ0n) is 8.61. The first kappa shape index (κ1) is 12.4. The molecule has 1 aromatic heterocycles. The van der Waals surface area contributed by atoms with Crippen molar-refractivity contribution >= 4 is 14.5 Å². The van der Waals surface area contributed by atoms with E-state index in [1.807, 2.05) is 0 Å². The summed E-state index contributed by atoms with van der Waals surface area (Å²) in [4.78, 5) is 1.65. The second-order valence-corrected chi connectivity index (χ2v) is 5.54. The Morgan fingerprint density at radius 2 is 1.59 bits per heavy atom. The van der Waals surface area contributed by atoms with E-state index in [2.05, 4.69) is 0 Å². The van der Waals surface area contributed by atoms with Crippen molar-refractivity contribution in [3.05, 3.63) is 57.4 Å². The minimum absolute atomic E-state index is 0.0173. The molecule has 0 fully saturated rings. The third kappa shape index (κ3) is 2.06. The van der Waals surface area contributed by atoms with Gasteiger partial charge >= 0.3 is 102 Å². The van der Waals surface area contributed by atoms with Crippen molar-refractivity contribution < 1.29 is 18.3 Å². The molecule has 0 saturated heterocycles. The molecule has 2 aromatic rings. The molecule has 0 aliphatic carbocycles. The van der Waals surface area contributed by atoms with Gasteiger partial charge in [-0.1, -0.05) is 0 Å². The second kappa shape index (κ2) is 4.33. The summed E-state index contributed by atoms with van der Waals surface area (Å²) in [5.41, 5.74) is -3.00. The van der Waals surface area contributed by atoms with Gasteiger partial charge in [-0.3, -0.25) is 0 Å². The number of hydrogen-bond donors (Lipinski definition) is 1. The van der Waals surface area contributed by atoms with Gasteiger partial charge in [-0.15, -0.1) is 0 Å². The normalized spacial score (nSPS) is 15.5. The van der Waals surface area contributed by atoms with Crippen LogP contribution in [0.25, 0.3) is 0 Å². The predicted octanol–water partition coefficient (Wildman–Crippen LogP) is 2.54. The molecule has 5 heteroatoms. The molecular formula is C12H9F3OSe. The zero-order chi connectivity index (χ0) is 12.5. The Bertz CT molecular complexity index is 478. The Morgan fingerprint density at radius 3 is 2.06 bits per heavy atom. The monoisotopic (exact) mass is 306 g/mol. The Balaban J connectivity index is 2.61. The van der Waals surface area contributed by atoms with Gasteiger partial charge in [0.05, 0.1) is 0 Å². The van der Waals surface area contributed by atoms with Crippen LogP contribution in [-0.4, -0.2) is 25.8 Å². The van der Waals surface area contributed by atoms with Gasteiger partial charge in [0.15, 0.2) is 0 Å². The molecule has 1 atom stereocenters. The van der Waals surface area contributed by atoms with Crippen LogP contribution in [0.3, 0.4) is 0 Å². The van der Waals surface area contributed by atoms with Crippen molar-refractivity contribution in [3.63, 3.8) is 0 Å². The molecule has 0 spiro atoms. The molecule has 2 rings (SSSR count). The summed E-state index contributed by atoms with van der Waals surface area (Å²) in [7, 11) is 0. The summed E-state index contributed by atoms with van der Waals surface area (Å²) >= 11 is -0.458. The summed E-state index contributed by atoms with van der Waals surface area (Å²) < 4.78 is 39.4. The number of hydrogen-bond acceptors (Lipinski definition) is 1. The van der Waals surface area contributed by atoms with Crippen LogP contribution < -0.4 is 0 Å². The third-order valence-corrected chi connectivity index (χ3v) is 4.53. The third-order valence-electron chi connectivity index (χ3n) is 2.48. The van der Waals surface area contributed by atoms with E-state index < -0.39 is 26.3 Å². The van der Waals surface area contributed by atoms with Crippen LogP contribution in [-0.2, 0) is 5.60 Å². The summed E-state index contributed by atoms with van der Waals surface area (Å²) in [5, 5.41) is 10.1. The molecule has 0 radical (unpaired) electrons. The van der Waals surface area contributed by atoms with Gasteiger partial charge in [0.25, 0.3) is 0 Å². The molecule has 1 aromatic carbocycles. The van der Waals surface area contributed by atoms with Crippen LogP contribution in [0.4, 0.5) is 13.2 Å².